The van der Waals surface area contributed by atoms with Crippen LogP contribution in [0.4, 0.5) is 0 Å². The van der Waals surface area contributed by atoms with E-state index in [0.29, 0.717) is 0 Å². The number of aryl methyl sites for hydroxylation is 1. The summed E-state index contributed by atoms with van der Waals surface area (Å²) in [5.41, 5.74) is 11.3. The summed E-state index contributed by atoms with van der Waals surface area (Å²) in [6.45, 7) is 4.26. The first kappa shape index (κ1) is 10.4. The summed E-state index contributed by atoms with van der Waals surface area (Å²) >= 11 is 1.69. The highest BCUT2D eigenvalue weighted by molar-refractivity contribution is 7.08. The van der Waals surface area contributed by atoms with Gasteiger partial charge in [-0.25, -0.2) is 0 Å². The molecular formula is C13H15NS. The molecular weight excluding hydrogens is 202 g/mol. The lowest BCUT2D eigenvalue weighted by Crippen LogP contribution is -2.12. The van der Waals surface area contributed by atoms with Crippen LogP contribution < -0.4 is 5.73 Å². The van der Waals surface area contributed by atoms with Crippen molar-refractivity contribution in [3.63, 3.8) is 0 Å². The van der Waals surface area contributed by atoms with Crippen LogP contribution in [0, 0.1) is 13.8 Å². The first-order chi connectivity index (χ1) is 7.20. The number of thiophene rings is 1. The van der Waals surface area contributed by atoms with Crippen LogP contribution >= 0.6 is 11.3 Å². The van der Waals surface area contributed by atoms with E-state index in [-0.39, 0.29) is 6.04 Å². The van der Waals surface area contributed by atoms with Gasteiger partial charge in [-0.2, -0.15) is 11.3 Å². The fourth-order valence-electron chi connectivity index (χ4n) is 1.74. The van der Waals surface area contributed by atoms with E-state index in [1.54, 1.807) is 11.3 Å². The van der Waals surface area contributed by atoms with E-state index in [2.05, 4.69) is 48.9 Å². The van der Waals surface area contributed by atoms with Crippen LogP contribution in [0.25, 0.3) is 0 Å². The Bertz CT molecular complexity index is 446. The molecule has 2 heteroatoms. The Balaban J connectivity index is 2.42. The number of benzene rings is 1. The molecule has 15 heavy (non-hydrogen) atoms. The third kappa shape index (κ3) is 1.96. The smallest absolute Gasteiger partial charge is 0.0562 e. The molecule has 0 fully saturated rings. The fraction of sp³-hybridized carbons (Fsp3) is 0.231. The first-order valence-corrected chi connectivity index (χ1v) is 5.98. The van der Waals surface area contributed by atoms with Crippen LogP contribution in [0.15, 0.2) is 35.0 Å². The highest BCUT2D eigenvalue weighted by Crippen LogP contribution is 2.25. The topological polar surface area (TPSA) is 26.0 Å². The molecule has 2 rings (SSSR count). The van der Waals surface area contributed by atoms with E-state index in [1.807, 2.05) is 0 Å². The van der Waals surface area contributed by atoms with Crippen molar-refractivity contribution in [3.05, 3.63) is 57.3 Å². The molecule has 78 valence electrons. The molecule has 1 aromatic carbocycles. The Kier molecular flexibility index (Phi) is 2.89. The molecule has 1 heterocycles. The van der Waals surface area contributed by atoms with Gasteiger partial charge in [-0.15, -0.1) is 0 Å². The Morgan fingerprint density at radius 3 is 2.67 bits per heavy atom. The fourth-order valence-corrected chi connectivity index (χ4v) is 2.44. The number of hydrogen-bond donors (Lipinski definition) is 1. The molecule has 0 amide bonds. The highest BCUT2D eigenvalue weighted by atomic mass is 32.1. The Morgan fingerprint density at radius 2 is 2.00 bits per heavy atom. The van der Waals surface area contributed by atoms with Gasteiger partial charge >= 0.3 is 0 Å². The lowest BCUT2D eigenvalue weighted by Gasteiger charge is -2.15. The molecule has 0 unspecified atom stereocenters. The molecule has 2 N–H and O–H groups in total. The summed E-state index contributed by atoms with van der Waals surface area (Å²) in [5, 5.41) is 4.19. The van der Waals surface area contributed by atoms with E-state index in [1.165, 1.54) is 22.3 Å². The van der Waals surface area contributed by atoms with Crippen LogP contribution in [0.3, 0.4) is 0 Å². The number of rotatable bonds is 2. The summed E-state index contributed by atoms with van der Waals surface area (Å²) in [4.78, 5) is 0. The average molecular weight is 217 g/mol. The van der Waals surface area contributed by atoms with E-state index >= 15 is 0 Å². The molecule has 1 nitrogen and oxygen atoms in total. The summed E-state index contributed by atoms with van der Waals surface area (Å²) in [6.07, 6.45) is 0. The third-order valence-corrected chi connectivity index (χ3v) is 3.59. The molecule has 0 radical (unpaired) electrons. The average Bonchev–Trinajstić information content (AvgIpc) is 2.74. The van der Waals surface area contributed by atoms with Crippen molar-refractivity contribution in [3.8, 4) is 0 Å². The second kappa shape index (κ2) is 4.17. The van der Waals surface area contributed by atoms with Gasteiger partial charge in [-0.3, -0.25) is 0 Å². The normalized spacial score (nSPS) is 12.7. The summed E-state index contributed by atoms with van der Waals surface area (Å²) in [6, 6.07) is 8.42. The molecule has 0 bridgehead atoms. The lowest BCUT2D eigenvalue weighted by atomic mass is 9.95. The second-order valence-corrected chi connectivity index (χ2v) is 4.60. The van der Waals surface area contributed by atoms with Crippen LogP contribution in [0.1, 0.15) is 28.3 Å². The van der Waals surface area contributed by atoms with Crippen LogP contribution in [0.5, 0.6) is 0 Å². The Hall–Kier alpha value is -1.12. The largest absolute Gasteiger partial charge is 0.320 e. The van der Waals surface area contributed by atoms with E-state index in [0.717, 1.165) is 0 Å². The van der Waals surface area contributed by atoms with Crippen LogP contribution in [0.2, 0.25) is 0 Å². The molecule has 0 aliphatic carbocycles. The van der Waals surface area contributed by atoms with Crippen molar-refractivity contribution in [2.75, 3.05) is 0 Å². The summed E-state index contributed by atoms with van der Waals surface area (Å²) < 4.78 is 0. The van der Waals surface area contributed by atoms with Gasteiger partial charge < -0.3 is 5.73 Å². The molecule has 0 aliphatic rings. The first-order valence-electron chi connectivity index (χ1n) is 5.04. The van der Waals surface area contributed by atoms with Crippen molar-refractivity contribution >= 4 is 11.3 Å². The van der Waals surface area contributed by atoms with Gasteiger partial charge in [0.15, 0.2) is 0 Å². The second-order valence-electron chi connectivity index (χ2n) is 3.82. The molecule has 2 aromatic rings. The molecule has 1 aromatic heterocycles. The van der Waals surface area contributed by atoms with Gasteiger partial charge in [-0.1, -0.05) is 18.2 Å². The zero-order chi connectivity index (χ0) is 10.8. The standard InChI is InChI=1S/C13H15NS/c1-9-4-3-5-12(10(9)2)13(14)11-6-7-15-8-11/h3-8,13H,14H2,1-2H3/t13-/m1/s1. The van der Waals surface area contributed by atoms with Crippen molar-refractivity contribution in [1.82, 2.24) is 0 Å². The predicted molar refractivity (Wildman–Crippen MR) is 66.3 cm³/mol. The zero-order valence-electron chi connectivity index (χ0n) is 9.03. The Morgan fingerprint density at radius 1 is 1.20 bits per heavy atom. The van der Waals surface area contributed by atoms with Gasteiger partial charge in [0.1, 0.15) is 0 Å². The van der Waals surface area contributed by atoms with Gasteiger partial charge in [0.05, 0.1) is 6.04 Å². The minimum Gasteiger partial charge on any atom is -0.320 e. The molecule has 0 saturated carbocycles. The SMILES string of the molecule is Cc1cccc([C@H](N)c2ccsc2)c1C. The van der Waals surface area contributed by atoms with Gasteiger partial charge in [-0.05, 0) is 52.9 Å². The third-order valence-electron chi connectivity index (χ3n) is 2.88. The predicted octanol–water partition coefficient (Wildman–Crippen LogP) is 3.41. The quantitative estimate of drug-likeness (QED) is 0.819. The van der Waals surface area contributed by atoms with Crippen LogP contribution in [-0.2, 0) is 0 Å². The summed E-state index contributed by atoms with van der Waals surface area (Å²) in [7, 11) is 0. The van der Waals surface area contributed by atoms with Crippen molar-refractivity contribution in [1.29, 1.82) is 0 Å². The molecule has 0 saturated heterocycles. The Labute approximate surface area is 94.6 Å². The maximum absolute atomic E-state index is 6.24. The van der Waals surface area contributed by atoms with Crippen molar-refractivity contribution < 1.29 is 0 Å². The molecule has 0 aliphatic heterocycles. The maximum atomic E-state index is 6.24. The monoisotopic (exact) mass is 217 g/mol. The van der Waals surface area contributed by atoms with Crippen molar-refractivity contribution in [2.24, 2.45) is 5.73 Å². The van der Waals surface area contributed by atoms with Gasteiger partial charge in [0.25, 0.3) is 0 Å². The molecule has 1 atom stereocenters. The minimum absolute atomic E-state index is 0.0103. The zero-order valence-corrected chi connectivity index (χ0v) is 9.84. The number of nitrogens with two attached hydrogens (primary N) is 1. The lowest BCUT2D eigenvalue weighted by molar-refractivity contribution is 0.864. The molecule has 0 spiro atoms. The maximum Gasteiger partial charge on any atom is 0.0562 e. The van der Waals surface area contributed by atoms with Gasteiger partial charge in [0.2, 0.25) is 0 Å². The van der Waals surface area contributed by atoms with E-state index in [9.17, 15) is 0 Å². The number of hydrogen-bond acceptors (Lipinski definition) is 2. The van der Waals surface area contributed by atoms with E-state index in [4.69, 9.17) is 5.73 Å². The summed E-state index contributed by atoms with van der Waals surface area (Å²) in [5.74, 6) is 0. The minimum atomic E-state index is 0.0103. The highest BCUT2D eigenvalue weighted by Gasteiger charge is 2.12. The van der Waals surface area contributed by atoms with E-state index < -0.39 is 0 Å². The van der Waals surface area contributed by atoms with Crippen molar-refractivity contribution in [2.45, 2.75) is 19.9 Å². The van der Waals surface area contributed by atoms with Crippen LogP contribution in [-0.4, -0.2) is 0 Å². The van der Waals surface area contributed by atoms with Gasteiger partial charge in [0, 0.05) is 0 Å².